The van der Waals surface area contributed by atoms with E-state index in [0.29, 0.717) is 6.54 Å². The number of rotatable bonds is 5. The van der Waals surface area contributed by atoms with E-state index in [9.17, 15) is 4.39 Å². The Bertz CT molecular complexity index is 784. The van der Waals surface area contributed by atoms with Gasteiger partial charge in [-0.25, -0.2) is 9.37 Å². The molecule has 1 aliphatic heterocycles. The third kappa shape index (κ3) is 4.73. The molecule has 1 N–H and O–H groups in total. The molecule has 1 aromatic carbocycles. The standard InChI is InChI=1S/C18H26FN7O/c1-20-18(21-11-17-22-13-23-24(17)2)26-8-6-25(7-9-26)12-14-4-5-16(27-3)15(19)10-14/h4-5,10,13H,6-9,11-12H2,1-3H3,(H,20,21). The van der Waals surface area contributed by atoms with Gasteiger partial charge in [-0.1, -0.05) is 6.07 Å². The van der Waals surface area contributed by atoms with Crippen LogP contribution in [0.4, 0.5) is 4.39 Å². The van der Waals surface area contributed by atoms with Gasteiger partial charge in [0, 0.05) is 46.8 Å². The van der Waals surface area contributed by atoms with Gasteiger partial charge in [-0.3, -0.25) is 14.6 Å². The van der Waals surface area contributed by atoms with Gasteiger partial charge in [0.2, 0.25) is 0 Å². The lowest BCUT2D eigenvalue weighted by Gasteiger charge is -2.36. The van der Waals surface area contributed by atoms with E-state index in [1.165, 1.54) is 7.11 Å². The molecule has 0 spiro atoms. The molecule has 8 nitrogen and oxygen atoms in total. The Hall–Kier alpha value is -2.68. The highest BCUT2D eigenvalue weighted by Gasteiger charge is 2.20. The zero-order valence-corrected chi connectivity index (χ0v) is 16.0. The van der Waals surface area contributed by atoms with E-state index in [-0.39, 0.29) is 11.6 Å². The average Bonchev–Trinajstić information content (AvgIpc) is 3.08. The second kappa shape index (κ2) is 8.81. The van der Waals surface area contributed by atoms with Crippen LogP contribution in [0, 0.1) is 5.82 Å². The minimum Gasteiger partial charge on any atom is -0.494 e. The summed E-state index contributed by atoms with van der Waals surface area (Å²) in [5.41, 5.74) is 0.950. The highest BCUT2D eigenvalue weighted by atomic mass is 19.1. The lowest BCUT2D eigenvalue weighted by molar-refractivity contribution is 0.172. The maximum absolute atomic E-state index is 13.9. The van der Waals surface area contributed by atoms with Crippen molar-refractivity contribution in [2.24, 2.45) is 12.0 Å². The number of methoxy groups -OCH3 is 1. The monoisotopic (exact) mass is 375 g/mol. The quantitative estimate of drug-likeness (QED) is 0.617. The number of hydrogen-bond donors (Lipinski definition) is 1. The van der Waals surface area contributed by atoms with E-state index in [1.54, 1.807) is 30.2 Å². The van der Waals surface area contributed by atoms with Crippen LogP contribution < -0.4 is 10.1 Å². The number of aryl methyl sites for hydroxylation is 1. The van der Waals surface area contributed by atoms with Crippen molar-refractivity contribution in [3.05, 3.63) is 41.7 Å². The number of piperazine rings is 1. The van der Waals surface area contributed by atoms with Crippen molar-refractivity contribution in [1.29, 1.82) is 0 Å². The first-order chi connectivity index (χ1) is 13.1. The minimum absolute atomic E-state index is 0.279. The van der Waals surface area contributed by atoms with Crippen LogP contribution in [0.5, 0.6) is 5.75 Å². The van der Waals surface area contributed by atoms with Gasteiger partial charge >= 0.3 is 0 Å². The summed E-state index contributed by atoms with van der Waals surface area (Å²) in [4.78, 5) is 13.1. The highest BCUT2D eigenvalue weighted by molar-refractivity contribution is 5.79. The second-order valence-electron chi connectivity index (χ2n) is 6.43. The maximum Gasteiger partial charge on any atom is 0.194 e. The molecule has 0 unspecified atom stereocenters. The molecule has 0 saturated carbocycles. The summed E-state index contributed by atoms with van der Waals surface area (Å²) in [6.45, 7) is 4.79. The fourth-order valence-electron chi connectivity index (χ4n) is 3.15. The summed E-state index contributed by atoms with van der Waals surface area (Å²) in [7, 11) is 5.13. The fourth-order valence-corrected chi connectivity index (χ4v) is 3.15. The van der Waals surface area contributed by atoms with Crippen LogP contribution in [0.25, 0.3) is 0 Å². The van der Waals surface area contributed by atoms with E-state index in [4.69, 9.17) is 4.74 Å². The number of nitrogens with one attached hydrogen (secondary N) is 1. The Kier molecular flexibility index (Phi) is 6.23. The molecule has 0 bridgehead atoms. The molecule has 1 fully saturated rings. The first kappa shape index (κ1) is 19.1. The van der Waals surface area contributed by atoms with Gasteiger partial charge in [-0.2, -0.15) is 5.10 Å². The normalized spacial score (nSPS) is 15.9. The number of halogens is 1. The van der Waals surface area contributed by atoms with Crippen molar-refractivity contribution in [1.82, 2.24) is 29.9 Å². The molecule has 146 valence electrons. The van der Waals surface area contributed by atoms with Gasteiger partial charge in [0.15, 0.2) is 17.5 Å². The van der Waals surface area contributed by atoms with Crippen LogP contribution in [0.3, 0.4) is 0 Å². The molecule has 0 aliphatic carbocycles. The molecule has 2 heterocycles. The van der Waals surface area contributed by atoms with Gasteiger partial charge in [0.1, 0.15) is 12.2 Å². The Balaban J connectivity index is 1.50. The van der Waals surface area contributed by atoms with E-state index >= 15 is 0 Å². The third-order valence-electron chi connectivity index (χ3n) is 4.72. The lowest BCUT2D eigenvalue weighted by atomic mass is 10.2. The Morgan fingerprint density at radius 1 is 1.30 bits per heavy atom. The Labute approximate surface area is 158 Å². The van der Waals surface area contributed by atoms with Crippen LogP contribution >= 0.6 is 0 Å². The van der Waals surface area contributed by atoms with E-state index in [1.807, 2.05) is 13.1 Å². The molecule has 0 radical (unpaired) electrons. The Morgan fingerprint density at radius 3 is 2.67 bits per heavy atom. The largest absolute Gasteiger partial charge is 0.494 e. The van der Waals surface area contributed by atoms with Gasteiger partial charge in [0.05, 0.1) is 13.7 Å². The average molecular weight is 375 g/mol. The van der Waals surface area contributed by atoms with E-state index in [2.05, 4.69) is 30.2 Å². The van der Waals surface area contributed by atoms with Crippen LogP contribution in [0.1, 0.15) is 11.4 Å². The van der Waals surface area contributed by atoms with Gasteiger partial charge in [-0.15, -0.1) is 0 Å². The maximum atomic E-state index is 13.9. The molecule has 2 aromatic rings. The van der Waals surface area contributed by atoms with Gasteiger partial charge in [-0.05, 0) is 17.7 Å². The second-order valence-corrected chi connectivity index (χ2v) is 6.43. The first-order valence-corrected chi connectivity index (χ1v) is 8.94. The number of hydrogen-bond acceptors (Lipinski definition) is 5. The van der Waals surface area contributed by atoms with Crippen molar-refractivity contribution < 1.29 is 9.13 Å². The molecule has 9 heteroatoms. The number of nitrogens with zero attached hydrogens (tertiary/aromatic N) is 6. The molecular weight excluding hydrogens is 349 g/mol. The molecular formula is C18H26FN7O. The smallest absolute Gasteiger partial charge is 0.194 e. The Morgan fingerprint density at radius 2 is 2.07 bits per heavy atom. The van der Waals surface area contributed by atoms with Gasteiger partial charge < -0.3 is 15.0 Å². The fraction of sp³-hybridized carbons (Fsp3) is 0.500. The molecule has 1 aliphatic rings. The van der Waals surface area contributed by atoms with Crippen LogP contribution in [-0.4, -0.2) is 70.9 Å². The van der Waals surface area contributed by atoms with Crippen LogP contribution in [0.2, 0.25) is 0 Å². The van der Waals surface area contributed by atoms with Gasteiger partial charge in [0.25, 0.3) is 0 Å². The van der Waals surface area contributed by atoms with Crippen LogP contribution in [-0.2, 0) is 20.1 Å². The zero-order valence-electron chi connectivity index (χ0n) is 16.0. The molecule has 0 amide bonds. The minimum atomic E-state index is -0.318. The zero-order chi connectivity index (χ0) is 19.2. The molecule has 1 aromatic heterocycles. The van der Waals surface area contributed by atoms with Crippen molar-refractivity contribution >= 4 is 5.96 Å². The molecule has 3 rings (SSSR count). The lowest BCUT2D eigenvalue weighted by Crippen LogP contribution is -2.52. The predicted octanol–water partition coefficient (Wildman–Crippen LogP) is 0.856. The van der Waals surface area contributed by atoms with Crippen LogP contribution in [0.15, 0.2) is 29.5 Å². The molecule has 27 heavy (non-hydrogen) atoms. The van der Waals surface area contributed by atoms with E-state index < -0.39 is 0 Å². The number of aromatic nitrogens is 3. The summed E-state index contributed by atoms with van der Waals surface area (Å²) in [5.74, 6) is 1.67. The summed E-state index contributed by atoms with van der Waals surface area (Å²) < 4.78 is 20.6. The van der Waals surface area contributed by atoms with E-state index in [0.717, 1.165) is 50.1 Å². The van der Waals surface area contributed by atoms with Crippen molar-refractivity contribution in [2.45, 2.75) is 13.1 Å². The number of aliphatic imine (C=N–C) groups is 1. The summed E-state index contributed by atoms with van der Waals surface area (Å²) in [5, 5.41) is 7.41. The SMILES string of the molecule is CN=C(NCc1ncnn1C)N1CCN(Cc2ccc(OC)c(F)c2)CC1. The molecule has 0 atom stereocenters. The topological polar surface area (TPSA) is 70.8 Å². The van der Waals surface area contributed by atoms with Crippen molar-refractivity contribution in [3.63, 3.8) is 0 Å². The molecule has 1 saturated heterocycles. The third-order valence-corrected chi connectivity index (χ3v) is 4.72. The number of ether oxygens (including phenoxy) is 1. The predicted molar refractivity (Wildman–Crippen MR) is 101 cm³/mol. The van der Waals surface area contributed by atoms with Crippen molar-refractivity contribution in [2.75, 3.05) is 40.3 Å². The highest BCUT2D eigenvalue weighted by Crippen LogP contribution is 2.19. The summed E-state index contributed by atoms with van der Waals surface area (Å²) in [6, 6.07) is 5.14. The summed E-state index contributed by atoms with van der Waals surface area (Å²) >= 11 is 0. The first-order valence-electron chi connectivity index (χ1n) is 8.94. The number of benzene rings is 1. The van der Waals surface area contributed by atoms with Crippen molar-refractivity contribution in [3.8, 4) is 5.75 Å². The summed E-state index contributed by atoms with van der Waals surface area (Å²) in [6.07, 6.45) is 1.54. The number of guanidine groups is 1.